The van der Waals surface area contributed by atoms with Gasteiger partial charge in [-0.1, -0.05) is 0 Å². The molecular formula is C17H16N2O5S. The molecule has 0 aliphatic heterocycles. The molecule has 8 heteroatoms. The topological polar surface area (TPSA) is 94.6 Å². The highest BCUT2D eigenvalue weighted by molar-refractivity contribution is 7.98. The summed E-state index contributed by atoms with van der Waals surface area (Å²) < 4.78 is 9.38. The van der Waals surface area contributed by atoms with Gasteiger partial charge in [-0.25, -0.2) is 14.6 Å². The molecule has 2 aromatic rings. The highest BCUT2D eigenvalue weighted by atomic mass is 32.2. The second kappa shape index (κ2) is 8.29. The summed E-state index contributed by atoms with van der Waals surface area (Å²) in [5.41, 5.74) is 0.824. The van der Waals surface area contributed by atoms with Crippen LogP contribution in [-0.2, 0) is 9.47 Å². The summed E-state index contributed by atoms with van der Waals surface area (Å²) in [6, 6.07) is 7.44. The number of hydrogen-bond acceptors (Lipinski definition) is 7. The van der Waals surface area contributed by atoms with E-state index in [0.29, 0.717) is 10.6 Å². The van der Waals surface area contributed by atoms with Gasteiger partial charge in [-0.05, 0) is 36.6 Å². The number of hydrogen-bond donors (Lipinski definition) is 1. The lowest BCUT2D eigenvalue weighted by Crippen LogP contribution is -2.17. The summed E-state index contributed by atoms with van der Waals surface area (Å²) in [5.74, 6) is -1.68. The molecule has 0 saturated carbocycles. The van der Waals surface area contributed by atoms with Crippen molar-refractivity contribution in [1.82, 2.24) is 4.98 Å². The lowest BCUT2D eigenvalue weighted by Gasteiger charge is -2.12. The van der Waals surface area contributed by atoms with E-state index >= 15 is 0 Å². The maximum absolute atomic E-state index is 12.6. The zero-order chi connectivity index (χ0) is 18.4. The Kier molecular flexibility index (Phi) is 6.13. The van der Waals surface area contributed by atoms with Gasteiger partial charge in [0.25, 0.3) is 5.91 Å². The molecule has 0 atom stereocenters. The molecule has 1 heterocycles. The molecule has 1 amide bonds. The summed E-state index contributed by atoms with van der Waals surface area (Å²) in [6.07, 6.45) is 3.39. The van der Waals surface area contributed by atoms with E-state index in [2.05, 4.69) is 15.0 Å². The van der Waals surface area contributed by atoms with Crippen molar-refractivity contribution in [3.63, 3.8) is 0 Å². The van der Waals surface area contributed by atoms with Crippen LogP contribution >= 0.6 is 11.8 Å². The SMILES string of the molecule is COC(=O)c1ccc(C(=O)OC)c(NC(=O)c2cccnc2SC)c1. The van der Waals surface area contributed by atoms with E-state index in [9.17, 15) is 14.4 Å². The predicted octanol–water partition coefficient (Wildman–Crippen LogP) is 2.63. The van der Waals surface area contributed by atoms with Crippen molar-refractivity contribution in [2.75, 3.05) is 25.8 Å². The van der Waals surface area contributed by atoms with Crippen molar-refractivity contribution in [1.29, 1.82) is 0 Å². The molecule has 0 radical (unpaired) electrons. The van der Waals surface area contributed by atoms with Crippen LogP contribution in [0.2, 0.25) is 0 Å². The Hall–Kier alpha value is -2.87. The smallest absolute Gasteiger partial charge is 0.339 e. The van der Waals surface area contributed by atoms with Gasteiger partial charge in [0.2, 0.25) is 0 Å². The molecule has 7 nitrogen and oxygen atoms in total. The van der Waals surface area contributed by atoms with Crippen molar-refractivity contribution in [2.24, 2.45) is 0 Å². The number of nitrogens with one attached hydrogen (secondary N) is 1. The second-order valence-corrected chi connectivity index (χ2v) is 5.55. The van der Waals surface area contributed by atoms with Crippen LogP contribution in [0.5, 0.6) is 0 Å². The Morgan fingerprint density at radius 3 is 2.40 bits per heavy atom. The van der Waals surface area contributed by atoms with Crippen LogP contribution in [0.15, 0.2) is 41.6 Å². The van der Waals surface area contributed by atoms with Crippen molar-refractivity contribution in [3.8, 4) is 0 Å². The third kappa shape index (κ3) is 4.16. The minimum absolute atomic E-state index is 0.123. The number of thioether (sulfide) groups is 1. The molecule has 2 rings (SSSR count). The first-order chi connectivity index (χ1) is 12.0. The van der Waals surface area contributed by atoms with Crippen LogP contribution in [0.4, 0.5) is 5.69 Å². The molecule has 25 heavy (non-hydrogen) atoms. The maximum Gasteiger partial charge on any atom is 0.339 e. The molecule has 1 aromatic heterocycles. The summed E-state index contributed by atoms with van der Waals surface area (Å²) in [5, 5.41) is 3.18. The second-order valence-electron chi connectivity index (χ2n) is 4.76. The molecule has 130 valence electrons. The molecule has 1 N–H and O–H groups in total. The number of pyridine rings is 1. The fourth-order valence-corrected chi connectivity index (χ4v) is 2.64. The van der Waals surface area contributed by atoms with Crippen molar-refractivity contribution < 1.29 is 23.9 Å². The fourth-order valence-electron chi connectivity index (χ4n) is 2.10. The van der Waals surface area contributed by atoms with Crippen LogP contribution in [0.25, 0.3) is 0 Å². The van der Waals surface area contributed by atoms with Crippen LogP contribution in [0, 0.1) is 0 Å². The normalized spacial score (nSPS) is 10.0. The van der Waals surface area contributed by atoms with E-state index in [1.54, 1.807) is 24.6 Å². The monoisotopic (exact) mass is 360 g/mol. The van der Waals surface area contributed by atoms with E-state index in [-0.39, 0.29) is 16.8 Å². The zero-order valence-electron chi connectivity index (χ0n) is 13.9. The van der Waals surface area contributed by atoms with E-state index < -0.39 is 17.8 Å². The van der Waals surface area contributed by atoms with Gasteiger partial charge in [0, 0.05) is 6.20 Å². The molecule has 0 saturated heterocycles. The number of benzene rings is 1. The number of amides is 1. The van der Waals surface area contributed by atoms with Gasteiger partial charge >= 0.3 is 11.9 Å². The van der Waals surface area contributed by atoms with Crippen molar-refractivity contribution >= 4 is 35.3 Å². The summed E-state index contributed by atoms with van der Waals surface area (Å²) in [6.45, 7) is 0. The van der Waals surface area contributed by atoms with Gasteiger partial charge in [-0.15, -0.1) is 11.8 Å². The molecule has 0 aliphatic carbocycles. The highest BCUT2D eigenvalue weighted by Gasteiger charge is 2.19. The van der Waals surface area contributed by atoms with E-state index in [0.717, 1.165) is 0 Å². The molecule has 0 unspecified atom stereocenters. The van der Waals surface area contributed by atoms with E-state index in [1.807, 2.05) is 0 Å². The Morgan fingerprint density at radius 2 is 1.76 bits per heavy atom. The average molecular weight is 360 g/mol. The molecule has 0 spiro atoms. The number of nitrogens with zero attached hydrogens (tertiary/aromatic N) is 1. The lowest BCUT2D eigenvalue weighted by atomic mass is 10.1. The number of carbonyl (C=O) groups is 3. The van der Waals surface area contributed by atoms with E-state index in [1.165, 1.54) is 44.2 Å². The fraction of sp³-hybridized carbons (Fsp3) is 0.176. The first-order valence-corrected chi connectivity index (χ1v) is 8.35. The minimum Gasteiger partial charge on any atom is -0.465 e. The van der Waals surface area contributed by atoms with Gasteiger partial charge in [-0.3, -0.25) is 4.79 Å². The number of rotatable bonds is 5. The average Bonchev–Trinajstić information content (AvgIpc) is 2.66. The van der Waals surface area contributed by atoms with Crippen LogP contribution in [-0.4, -0.2) is 43.3 Å². The molecule has 1 aromatic carbocycles. The summed E-state index contributed by atoms with van der Waals surface area (Å²) in [7, 11) is 2.48. The first kappa shape index (κ1) is 18.5. The van der Waals surface area contributed by atoms with Crippen molar-refractivity contribution in [2.45, 2.75) is 5.03 Å². The standard InChI is InChI=1S/C17H16N2O5S/c1-23-16(21)10-6-7-11(17(22)24-2)13(9-10)19-14(20)12-5-4-8-18-15(12)25-3/h4-9H,1-3H3,(H,19,20). The quantitative estimate of drug-likeness (QED) is 0.647. The molecule has 0 bridgehead atoms. The maximum atomic E-state index is 12.6. The van der Waals surface area contributed by atoms with Gasteiger partial charge in [-0.2, -0.15) is 0 Å². The van der Waals surface area contributed by atoms with Crippen LogP contribution < -0.4 is 5.32 Å². The third-order valence-electron chi connectivity index (χ3n) is 3.30. The van der Waals surface area contributed by atoms with Gasteiger partial charge in [0.1, 0.15) is 5.03 Å². The summed E-state index contributed by atoms with van der Waals surface area (Å²) >= 11 is 1.32. The highest BCUT2D eigenvalue weighted by Crippen LogP contribution is 2.23. The largest absolute Gasteiger partial charge is 0.465 e. The predicted molar refractivity (Wildman–Crippen MR) is 93.1 cm³/mol. The Balaban J connectivity index is 2.43. The Morgan fingerprint density at radius 1 is 1.04 bits per heavy atom. The third-order valence-corrected chi connectivity index (χ3v) is 4.02. The number of anilines is 1. The van der Waals surface area contributed by atoms with Crippen LogP contribution in [0.1, 0.15) is 31.1 Å². The molecule has 0 fully saturated rings. The Labute approximate surface area is 148 Å². The lowest BCUT2D eigenvalue weighted by molar-refractivity contribution is 0.0587. The number of aromatic nitrogens is 1. The zero-order valence-corrected chi connectivity index (χ0v) is 14.7. The Bertz CT molecular complexity index is 822. The van der Waals surface area contributed by atoms with Crippen LogP contribution in [0.3, 0.4) is 0 Å². The van der Waals surface area contributed by atoms with E-state index in [4.69, 9.17) is 4.74 Å². The minimum atomic E-state index is -0.636. The molecular weight excluding hydrogens is 344 g/mol. The number of carbonyl (C=O) groups excluding carboxylic acids is 3. The number of methoxy groups -OCH3 is 2. The van der Waals surface area contributed by atoms with Gasteiger partial charge in [0.05, 0.1) is 36.6 Å². The van der Waals surface area contributed by atoms with Gasteiger partial charge in [0.15, 0.2) is 0 Å². The summed E-state index contributed by atoms with van der Waals surface area (Å²) in [4.78, 5) is 40.3. The number of ether oxygens (including phenoxy) is 2. The van der Waals surface area contributed by atoms with Gasteiger partial charge < -0.3 is 14.8 Å². The molecule has 0 aliphatic rings. The number of esters is 2. The first-order valence-electron chi connectivity index (χ1n) is 7.12. The van der Waals surface area contributed by atoms with Crippen molar-refractivity contribution in [3.05, 3.63) is 53.2 Å².